The van der Waals surface area contributed by atoms with E-state index in [1.807, 2.05) is 30.3 Å². The lowest BCUT2D eigenvalue weighted by Gasteiger charge is -2.09. The topological polar surface area (TPSA) is 33.1 Å². The molecule has 0 unspecified atom stereocenters. The van der Waals surface area contributed by atoms with Gasteiger partial charge in [0.1, 0.15) is 16.7 Å². The van der Waals surface area contributed by atoms with E-state index in [0.29, 0.717) is 10.6 Å². The number of rotatable bonds is 3. The fraction of sp³-hybridized carbons (Fsp3) is 0.0625. The first-order valence-corrected chi connectivity index (χ1v) is 7.11. The molecule has 1 aromatic heterocycles. The van der Waals surface area contributed by atoms with Gasteiger partial charge in [0.2, 0.25) is 0 Å². The molecule has 0 aliphatic heterocycles. The highest BCUT2D eigenvalue weighted by atomic mass is 32.2. The van der Waals surface area contributed by atoms with E-state index in [2.05, 4.69) is 4.98 Å². The summed E-state index contributed by atoms with van der Waals surface area (Å²) in [5.74, 6) is -1.02. The van der Waals surface area contributed by atoms with Gasteiger partial charge in [-0.1, -0.05) is 30.0 Å². The van der Waals surface area contributed by atoms with Gasteiger partial charge in [-0.25, -0.2) is 13.8 Å². The van der Waals surface area contributed by atoms with Gasteiger partial charge in [-0.3, -0.25) is 0 Å². The van der Waals surface area contributed by atoms with Gasteiger partial charge in [-0.2, -0.15) is 0 Å². The van der Waals surface area contributed by atoms with Crippen LogP contribution in [-0.4, -0.2) is 10.1 Å². The van der Waals surface area contributed by atoms with E-state index >= 15 is 0 Å². The lowest BCUT2D eigenvalue weighted by atomic mass is 10.2. The zero-order valence-corrected chi connectivity index (χ0v) is 11.7. The number of nitrogens with zero attached hydrogens (tertiary/aromatic N) is 1. The number of fused-ring (bicyclic) bond motifs is 1. The molecule has 0 aliphatic rings. The molecule has 3 rings (SSSR count). The molecule has 0 saturated heterocycles. The molecular weight excluding hydrogens is 292 g/mol. The minimum absolute atomic E-state index is 0.146. The third-order valence-electron chi connectivity index (χ3n) is 3.03. The standard InChI is InChI=1S/C16H11F2NOS/c17-12-5-6-13(18)15(8-12)21-16-11(9-20)7-10-3-1-2-4-14(10)19-16/h1-8,20H,9H2. The van der Waals surface area contributed by atoms with Crippen molar-refractivity contribution in [1.82, 2.24) is 4.98 Å². The Kier molecular flexibility index (Phi) is 3.86. The van der Waals surface area contributed by atoms with Crippen molar-refractivity contribution in [3.05, 3.63) is 65.7 Å². The first-order valence-electron chi connectivity index (χ1n) is 6.30. The van der Waals surface area contributed by atoms with Gasteiger partial charge in [-0.15, -0.1) is 0 Å². The highest BCUT2D eigenvalue weighted by Crippen LogP contribution is 2.33. The Morgan fingerprint density at radius 1 is 1.05 bits per heavy atom. The van der Waals surface area contributed by atoms with Crippen LogP contribution in [0.1, 0.15) is 5.56 Å². The molecular formula is C16H11F2NOS. The molecule has 1 heterocycles. The van der Waals surface area contributed by atoms with Gasteiger partial charge < -0.3 is 5.11 Å². The maximum atomic E-state index is 13.7. The molecule has 2 aromatic carbocycles. The number of aliphatic hydroxyl groups is 1. The minimum Gasteiger partial charge on any atom is -0.392 e. The third-order valence-corrected chi connectivity index (χ3v) is 4.11. The molecule has 106 valence electrons. The summed E-state index contributed by atoms with van der Waals surface area (Å²) in [5.41, 5.74) is 1.33. The third kappa shape index (κ3) is 2.89. The van der Waals surface area contributed by atoms with E-state index in [-0.39, 0.29) is 11.5 Å². The molecule has 0 spiro atoms. The number of halogens is 2. The van der Waals surface area contributed by atoms with Crippen molar-refractivity contribution in [2.75, 3.05) is 0 Å². The highest BCUT2D eigenvalue weighted by Gasteiger charge is 2.12. The molecule has 1 N–H and O–H groups in total. The summed E-state index contributed by atoms with van der Waals surface area (Å²) in [5, 5.41) is 10.8. The van der Waals surface area contributed by atoms with Crippen LogP contribution in [0.15, 0.2) is 58.5 Å². The molecule has 2 nitrogen and oxygen atoms in total. The molecule has 0 atom stereocenters. The van der Waals surface area contributed by atoms with E-state index in [4.69, 9.17) is 0 Å². The number of para-hydroxylation sites is 1. The Labute approximate surface area is 124 Å². The monoisotopic (exact) mass is 303 g/mol. The van der Waals surface area contributed by atoms with Crippen molar-refractivity contribution in [2.45, 2.75) is 16.5 Å². The Morgan fingerprint density at radius 3 is 2.67 bits per heavy atom. The van der Waals surface area contributed by atoms with Crippen LogP contribution in [-0.2, 0) is 6.61 Å². The fourth-order valence-electron chi connectivity index (χ4n) is 2.00. The van der Waals surface area contributed by atoms with Crippen LogP contribution in [0.4, 0.5) is 8.78 Å². The van der Waals surface area contributed by atoms with Gasteiger partial charge in [0.15, 0.2) is 0 Å². The Morgan fingerprint density at radius 2 is 1.86 bits per heavy atom. The summed E-state index contributed by atoms with van der Waals surface area (Å²) >= 11 is 1.01. The molecule has 3 aromatic rings. The van der Waals surface area contributed by atoms with Crippen LogP contribution in [0.5, 0.6) is 0 Å². The van der Waals surface area contributed by atoms with Crippen LogP contribution in [0.3, 0.4) is 0 Å². The molecule has 0 aliphatic carbocycles. The van der Waals surface area contributed by atoms with E-state index in [1.165, 1.54) is 0 Å². The molecule has 5 heteroatoms. The number of benzene rings is 2. The zero-order valence-electron chi connectivity index (χ0n) is 10.9. The van der Waals surface area contributed by atoms with Crippen molar-refractivity contribution < 1.29 is 13.9 Å². The highest BCUT2D eigenvalue weighted by molar-refractivity contribution is 7.99. The van der Waals surface area contributed by atoms with E-state index in [9.17, 15) is 13.9 Å². The molecule has 0 bridgehead atoms. The number of aliphatic hydroxyl groups excluding tert-OH is 1. The molecule has 0 fully saturated rings. The Bertz CT molecular complexity index is 807. The summed E-state index contributed by atoms with van der Waals surface area (Å²) < 4.78 is 27.0. The summed E-state index contributed by atoms with van der Waals surface area (Å²) in [6.07, 6.45) is 0. The predicted octanol–water partition coefficient (Wildman–Crippen LogP) is 4.16. The molecule has 0 saturated carbocycles. The number of hydrogen-bond acceptors (Lipinski definition) is 3. The zero-order chi connectivity index (χ0) is 14.8. The normalized spacial score (nSPS) is 11.0. The van der Waals surface area contributed by atoms with Crippen LogP contribution < -0.4 is 0 Å². The average Bonchev–Trinajstić information content (AvgIpc) is 2.50. The van der Waals surface area contributed by atoms with Crippen LogP contribution in [0.25, 0.3) is 10.9 Å². The minimum atomic E-state index is -0.514. The van der Waals surface area contributed by atoms with E-state index < -0.39 is 11.6 Å². The smallest absolute Gasteiger partial charge is 0.137 e. The Balaban J connectivity index is 2.08. The van der Waals surface area contributed by atoms with Crippen LogP contribution in [0.2, 0.25) is 0 Å². The average molecular weight is 303 g/mol. The first-order chi connectivity index (χ1) is 10.2. The number of aromatic nitrogens is 1. The fourth-order valence-corrected chi connectivity index (χ4v) is 2.95. The molecule has 0 radical (unpaired) electrons. The lowest BCUT2D eigenvalue weighted by molar-refractivity contribution is 0.278. The van der Waals surface area contributed by atoms with Gasteiger partial charge >= 0.3 is 0 Å². The summed E-state index contributed by atoms with van der Waals surface area (Å²) in [7, 11) is 0. The maximum absolute atomic E-state index is 13.7. The number of hydrogen-bond donors (Lipinski definition) is 1. The van der Waals surface area contributed by atoms with E-state index in [0.717, 1.165) is 40.9 Å². The van der Waals surface area contributed by atoms with Gasteiger partial charge in [-0.05, 0) is 30.3 Å². The summed E-state index contributed by atoms with van der Waals surface area (Å²) in [6, 6.07) is 12.5. The maximum Gasteiger partial charge on any atom is 0.137 e. The summed E-state index contributed by atoms with van der Waals surface area (Å²) in [4.78, 5) is 4.57. The Hall–Kier alpha value is -1.98. The van der Waals surface area contributed by atoms with Crippen molar-refractivity contribution in [1.29, 1.82) is 0 Å². The lowest BCUT2D eigenvalue weighted by Crippen LogP contribution is -1.94. The van der Waals surface area contributed by atoms with Crippen LogP contribution >= 0.6 is 11.8 Å². The largest absolute Gasteiger partial charge is 0.392 e. The van der Waals surface area contributed by atoms with Gasteiger partial charge in [0.05, 0.1) is 17.0 Å². The van der Waals surface area contributed by atoms with Crippen LogP contribution in [0, 0.1) is 11.6 Å². The summed E-state index contributed by atoms with van der Waals surface area (Å²) in [6.45, 7) is -0.211. The SMILES string of the molecule is OCc1cc2ccccc2nc1Sc1cc(F)ccc1F. The van der Waals surface area contributed by atoms with Gasteiger partial charge in [0, 0.05) is 10.9 Å². The quantitative estimate of drug-likeness (QED) is 0.789. The van der Waals surface area contributed by atoms with Gasteiger partial charge in [0.25, 0.3) is 0 Å². The van der Waals surface area contributed by atoms with E-state index in [1.54, 1.807) is 0 Å². The predicted molar refractivity (Wildman–Crippen MR) is 78.1 cm³/mol. The molecule has 0 amide bonds. The molecule has 21 heavy (non-hydrogen) atoms. The second-order valence-corrected chi connectivity index (χ2v) is 5.51. The first kappa shape index (κ1) is 14.0. The van der Waals surface area contributed by atoms with Crippen molar-refractivity contribution >= 4 is 22.7 Å². The second-order valence-electron chi connectivity index (χ2n) is 4.48. The number of pyridine rings is 1. The van der Waals surface area contributed by atoms with Crippen molar-refractivity contribution in [3.63, 3.8) is 0 Å². The van der Waals surface area contributed by atoms with Crippen molar-refractivity contribution in [2.24, 2.45) is 0 Å². The van der Waals surface area contributed by atoms with Crippen molar-refractivity contribution in [3.8, 4) is 0 Å². The second kappa shape index (κ2) is 5.79.